The number of nitrogens with one attached hydrogen (secondary N) is 2. The molecule has 1 heterocycles. The van der Waals surface area contributed by atoms with Crippen LogP contribution in [0.15, 0.2) is 30.5 Å². The van der Waals surface area contributed by atoms with Crippen LogP contribution in [0.3, 0.4) is 0 Å². The minimum Gasteiger partial charge on any atom is -0.378 e. The van der Waals surface area contributed by atoms with E-state index < -0.39 is 0 Å². The first-order chi connectivity index (χ1) is 10.9. The molecule has 1 aromatic carbocycles. The van der Waals surface area contributed by atoms with E-state index in [2.05, 4.69) is 27.5 Å². The maximum atomic E-state index is 11.8. The number of hydrogen-bond donors (Lipinski definition) is 2. The first kappa shape index (κ1) is 16.9. The van der Waals surface area contributed by atoms with Gasteiger partial charge in [-0.15, -0.1) is 0 Å². The Morgan fingerprint density at radius 1 is 1.13 bits per heavy atom. The molecule has 1 atom stereocenters. The third kappa shape index (κ3) is 4.52. The molecule has 2 aromatic rings. The standard InChI is InChI=1S/C18H24N4O/c1-11(2)18(23)22-16-8-6-7-15(9-16)21-13(4)17-10-19-14(5)20-12(17)3/h6-11,13,21H,1-5H3,(H,22,23)/t13-/m0/s1. The highest BCUT2D eigenvalue weighted by Crippen LogP contribution is 2.23. The minimum absolute atomic E-state index is 0.0120. The monoisotopic (exact) mass is 312 g/mol. The third-order valence-electron chi connectivity index (χ3n) is 3.64. The van der Waals surface area contributed by atoms with Crippen molar-refractivity contribution in [1.82, 2.24) is 9.97 Å². The van der Waals surface area contributed by atoms with E-state index in [1.165, 1.54) is 0 Å². The Balaban J connectivity index is 2.12. The zero-order valence-corrected chi connectivity index (χ0v) is 14.3. The van der Waals surface area contributed by atoms with E-state index >= 15 is 0 Å². The Morgan fingerprint density at radius 2 is 1.83 bits per heavy atom. The first-order valence-electron chi connectivity index (χ1n) is 7.84. The number of aromatic nitrogens is 2. The molecule has 5 heteroatoms. The fraction of sp³-hybridized carbons (Fsp3) is 0.389. The molecule has 23 heavy (non-hydrogen) atoms. The van der Waals surface area contributed by atoms with Crippen molar-refractivity contribution in [3.63, 3.8) is 0 Å². The molecular weight excluding hydrogens is 288 g/mol. The third-order valence-corrected chi connectivity index (χ3v) is 3.64. The summed E-state index contributed by atoms with van der Waals surface area (Å²) >= 11 is 0. The van der Waals surface area contributed by atoms with Gasteiger partial charge in [0, 0.05) is 34.7 Å². The fourth-order valence-electron chi connectivity index (χ4n) is 2.32. The van der Waals surface area contributed by atoms with Crippen molar-refractivity contribution in [2.75, 3.05) is 10.6 Å². The summed E-state index contributed by atoms with van der Waals surface area (Å²) < 4.78 is 0. The molecule has 0 aliphatic carbocycles. The number of nitrogens with zero attached hydrogens (tertiary/aromatic N) is 2. The van der Waals surface area contributed by atoms with Gasteiger partial charge >= 0.3 is 0 Å². The maximum absolute atomic E-state index is 11.8. The number of carbonyl (C=O) groups is 1. The van der Waals surface area contributed by atoms with Gasteiger partial charge in [0.1, 0.15) is 5.82 Å². The lowest BCUT2D eigenvalue weighted by Gasteiger charge is -2.18. The molecule has 0 aliphatic heterocycles. The number of carbonyl (C=O) groups excluding carboxylic acids is 1. The molecule has 0 aliphatic rings. The highest BCUT2D eigenvalue weighted by molar-refractivity contribution is 5.92. The van der Waals surface area contributed by atoms with Crippen LogP contribution in [0.2, 0.25) is 0 Å². The highest BCUT2D eigenvalue weighted by atomic mass is 16.1. The highest BCUT2D eigenvalue weighted by Gasteiger charge is 2.11. The SMILES string of the molecule is Cc1ncc([C@H](C)Nc2cccc(NC(=O)C(C)C)c2)c(C)n1. The van der Waals surface area contributed by atoms with Gasteiger partial charge in [0.2, 0.25) is 5.91 Å². The van der Waals surface area contributed by atoms with Gasteiger partial charge in [0.15, 0.2) is 0 Å². The Bertz CT molecular complexity index is 697. The van der Waals surface area contributed by atoms with Gasteiger partial charge in [-0.2, -0.15) is 0 Å². The van der Waals surface area contributed by atoms with E-state index in [0.29, 0.717) is 0 Å². The Labute approximate surface area is 137 Å². The minimum atomic E-state index is -0.0436. The number of benzene rings is 1. The van der Waals surface area contributed by atoms with Gasteiger partial charge in [-0.1, -0.05) is 19.9 Å². The summed E-state index contributed by atoms with van der Waals surface area (Å²) in [4.78, 5) is 20.5. The Morgan fingerprint density at radius 3 is 2.48 bits per heavy atom. The predicted molar refractivity (Wildman–Crippen MR) is 93.5 cm³/mol. The van der Waals surface area contributed by atoms with Crippen LogP contribution in [0.1, 0.15) is 43.9 Å². The molecule has 0 bridgehead atoms. The molecule has 2 rings (SSSR count). The second kappa shape index (κ2) is 7.22. The van der Waals surface area contributed by atoms with Gasteiger partial charge in [0.05, 0.1) is 6.04 Å². The van der Waals surface area contributed by atoms with E-state index in [1.54, 1.807) is 0 Å². The quantitative estimate of drug-likeness (QED) is 0.879. The van der Waals surface area contributed by atoms with Gasteiger partial charge in [0.25, 0.3) is 0 Å². The summed E-state index contributed by atoms with van der Waals surface area (Å²) in [5.41, 5.74) is 3.77. The maximum Gasteiger partial charge on any atom is 0.226 e. The summed E-state index contributed by atoms with van der Waals surface area (Å²) in [5.74, 6) is 0.743. The van der Waals surface area contributed by atoms with Crippen LogP contribution in [-0.4, -0.2) is 15.9 Å². The molecule has 1 aromatic heterocycles. The number of anilines is 2. The smallest absolute Gasteiger partial charge is 0.226 e. The second-order valence-corrected chi connectivity index (χ2v) is 6.05. The van der Waals surface area contributed by atoms with Gasteiger partial charge < -0.3 is 10.6 Å². The Hall–Kier alpha value is -2.43. The molecule has 0 fully saturated rings. The second-order valence-electron chi connectivity index (χ2n) is 6.05. The molecule has 2 N–H and O–H groups in total. The lowest BCUT2D eigenvalue weighted by Crippen LogP contribution is -2.17. The van der Waals surface area contributed by atoms with E-state index in [4.69, 9.17) is 0 Å². The van der Waals surface area contributed by atoms with Crippen molar-refractivity contribution in [1.29, 1.82) is 0 Å². The molecule has 0 radical (unpaired) electrons. The fourth-order valence-corrected chi connectivity index (χ4v) is 2.32. The van der Waals surface area contributed by atoms with Crippen molar-refractivity contribution in [3.8, 4) is 0 Å². The molecule has 5 nitrogen and oxygen atoms in total. The number of rotatable bonds is 5. The van der Waals surface area contributed by atoms with Crippen LogP contribution >= 0.6 is 0 Å². The van der Waals surface area contributed by atoms with Crippen molar-refractivity contribution in [2.24, 2.45) is 5.92 Å². The van der Waals surface area contributed by atoms with Crippen molar-refractivity contribution in [3.05, 3.63) is 47.5 Å². The van der Waals surface area contributed by atoms with Crippen LogP contribution in [0.25, 0.3) is 0 Å². The van der Waals surface area contributed by atoms with Crippen molar-refractivity contribution < 1.29 is 4.79 Å². The molecule has 122 valence electrons. The summed E-state index contributed by atoms with van der Waals surface area (Å²) in [6, 6.07) is 7.79. The van der Waals surface area contributed by atoms with E-state index in [-0.39, 0.29) is 17.9 Å². The Kier molecular flexibility index (Phi) is 5.32. The number of hydrogen-bond acceptors (Lipinski definition) is 4. The molecule has 0 saturated carbocycles. The summed E-state index contributed by atoms with van der Waals surface area (Å²) in [6.45, 7) is 9.69. The summed E-state index contributed by atoms with van der Waals surface area (Å²) in [7, 11) is 0. The van der Waals surface area contributed by atoms with Crippen LogP contribution in [0.5, 0.6) is 0 Å². The molecule has 0 spiro atoms. The molecule has 0 unspecified atom stereocenters. The number of amides is 1. The molecule has 0 saturated heterocycles. The summed E-state index contributed by atoms with van der Waals surface area (Å²) in [5, 5.41) is 6.34. The average Bonchev–Trinajstić information content (AvgIpc) is 2.47. The van der Waals surface area contributed by atoms with Gasteiger partial charge in [-0.05, 0) is 39.0 Å². The zero-order chi connectivity index (χ0) is 17.0. The van der Waals surface area contributed by atoms with Crippen LogP contribution in [0.4, 0.5) is 11.4 Å². The van der Waals surface area contributed by atoms with Crippen LogP contribution in [0, 0.1) is 19.8 Å². The van der Waals surface area contributed by atoms with E-state index in [1.807, 2.05) is 58.2 Å². The van der Waals surface area contributed by atoms with Crippen LogP contribution < -0.4 is 10.6 Å². The van der Waals surface area contributed by atoms with Crippen LogP contribution in [-0.2, 0) is 4.79 Å². The number of aryl methyl sites for hydroxylation is 2. The topological polar surface area (TPSA) is 66.9 Å². The lowest BCUT2D eigenvalue weighted by molar-refractivity contribution is -0.118. The normalized spacial score (nSPS) is 12.1. The zero-order valence-electron chi connectivity index (χ0n) is 14.3. The first-order valence-corrected chi connectivity index (χ1v) is 7.84. The largest absolute Gasteiger partial charge is 0.378 e. The summed E-state index contributed by atoms with van der Waals surface area (Å²) in [6.07, 6.45) is 1.86. The van der Waals surface area contributed by atoms with E-state index in [0.717, 1.165) is 28.5 Å². The van der Waals surface area contributed by atoms with Gasteiger partial charge in [-0.25, -0.2) is 9.97 Å². The van der Waals surface area contributed by atoms with Gasteiger partial charge in [-0.3, -0.25) is 4.79 Å². The molecule has 1 amide bonds. The molecular formula is C18H24N4O. The average molecular weight is 312 g/mol. The lowest BCUT2D eigenvalue weighted by atomic mass is 10.1. The predicted octanol–water partition coefficient (Wildman–Crippen LogP) is 3.86. The van der Waals surface area contributed by atoms with E-state index in [9.17, 15) is 4.79 Å². The van der Waals surface area contributed by atoms with Crippen molar-refractivity contribution in [2.45, 2.75) is 40.7 Å². The van der Waals surface area contributed by atoms with Crippen molar-refractivity contribution >= 4 is 17.3 Å².